The number of hydrogen-bond donors (Lipinski definition) is 0. The molecular weight excluding hydrogens is 206 g/mol. The average molecular weight is 217 g/mol. The maximum absolute atomic E-state index is 11.7. The minimum absolute atomic E-state index is 0.0679. The summed E-state index contributed by atoms with van der Waals surface area (Å²) in [6.45, 7) is 1.46. The number of imide groups is 1. The van der Waals surface area contributed by atoms with Crippen molar-refractivity contribution >= 4 is 17.6 Å². The summed E-state index contributed by atoms with van der Waals surface area (Å²) in [6.07, 6.45) is 0.179. The van der Waals surface area contributed by atoms with Crippen LogP contribution in [-0.4, -0.2) is 29.5 Å². The molecule has 2 rings (SSSR count). The molecule has 4 nitrogen and oxygen atoms in total. The number of hydrogen-bond acceptors (Lipinski definition) is 3. The van der Waals surface area contributed by atoms with Crippen molar-refractivity contribution in [1.29, 1.82) is 0 Å². The van der Waals surface area contributed by atoms with Gasteiger partial charge in [-0.05, 0) is 24.6 Å². The van der Waals surface area contributed by atoms with Gasteiger partial charge < -0.3 is 0 Å². The van der Waals surface area contributed by atoms with Crippen molar-refractivity contribution in [3.05, 3.63) is 34.9 Å². The Hall–Kier alpha value is -1.97. The van der Waals surface area contributed by atoms with Gasteiger partial charge in [-0.25, -0.2) is 0 Å². The van der Waals surface area contributed by atoms with Gasteiger partial charge in [-0.3, -0.25) is 19.3 Å². The molecule has 0 aromatic heterocycles. The Kier molecular flexibility index (Phi) is 2.34. The van der Waals surface area contributed by atoms with Crippen LogP contribution in [-0.2, 0) is 11.2 Å². The maximum Gasteiger partial charge on any atom is 0.260 e. The summed E-state index contributed by atoms with van der Waals surface area (Å²) < 4.78 is 0. The Morgan fingerprint density at radius 1 is 1.31 bits per heavy atom. The van der Waals surface area contributed by atoms with Crippen molar-refractivity contribution in [3.8, 4) is 0 Å². The number of nitrogens with zero attached hydrogens (tertiary/aromatic N) is 1. The van der Waals surface area contributed by atoms with Crippen molar-refractivity contribution in [2.75, 3.05) is 7.05 Å². The summed E-state index contributed by atoms with van der Waals surface area (Å²) in [7, 11) is 1.46. The molecule has 0 saturated heterocycles. The van der Waals surface area contributed by atoms with Gasteiger partial charge in [-0.2, -0.15) is 0 Å². The molecule has 0 saturated carbocycles. The van der Waals surface area contributed by atoms with Gasteiger partial charge >= 0.3 is 0 Å². The summed E-state index contributed by atoms with van der Waals surface area (Å²) in [5.41, 5.74) is 1.68. The van der Waals surface area contributed by atoms with Gasteiger partial charge in [0.05, 0.1) is 6.42 Å². The van der Waals surface area contributed by atoms with E-state index in [1.165, 1.54) is 14.0 Å². The summed E-state index contributed by atoms with van der Waals surface area (Å²) in [4.78, 5) is 35.5. The van der Waals surface area contributed by atoms with Crippen molar-refractivity contribution in [2.24, 2.45) is 0 Å². The van der Waals surface area contributed by atoms with Gasteiger partial charge in [0.15, 0.2) is 5.78 Å². The summed E-state index contributed by atoms with van der Waals surface area (Å²) in [6, 6.07) is 4.85. The van der Waals surface area contributed by atoms with E-state index in [-0.39, 0.29) is 24.0 Å². The lowest BCUT2D eigenvalue weighted by molar-refractivity contribution is -0.127. The van der Waals surface area contributed by atoms with E-state index in [1.54, 1.807) is 18.2 Å². The fraction of sp³-hybridized carbons (Fsp3) is 0.250. The van der Waals surface area contributed by atoms with E-state index < -0.39 is 0 Å². The molecule has 4 heteroatoms. The van der Waals surface area contributed by atoms with E-state index in [1.807, 2.05) is 0 Å². The van der Waals surface area contributed by atoms with E-state index in [9.17, 15) is 14.4 Å². The number of likely N-dealkylation sites (N-methyl/N-ethyl adjacent to an activating group) is 1. The molecule has 0 bridgehead atoms. The number of benzene rings is 1. The Morgan fingerprint density at radius 3 is 2.62 bits per heavy atom. The highest BCUT2D eigenvalue weighted by Crippen LogP contribution is 2.20. The van der Waals surface area contributed by atoms with E-state index in [0.717, 1.165) is 4.90 Å². The Bertz CT molecular complexity index is 505. The lowest BCUT2D eigenvalue weighted by Gasteiger charge is -2.23. The minimum Gasteiger partial charge on any atom is -0.295 e. The quantitative estimate of drug-likeness (QED) is 0.521. The molecule has 1 aromatic rings. The minimum atomic E-state index is -0.304. The number of Topliss-reactive ketones (excluding diaryl/α,β-unsaturated/α-hetero) is 1. The third-order valence-electron chi connectivity index (χ3n) is 2.76. The predicted molar refractivity (Wildman–Crippen MR) is 57.3 cm³/mol. The highest BCUT2D eigenvalue weighted by Gasteiger charge is 2.28. The SMILES string of the molecule is CC(=O)c1ccc2c(c1)CC(=O)N(C)C2=O. The van der Waals surface area contributed by atoms with Gasteiger partial charge in [-0.15, -0.1) is 0 Å². The second-order valence-corrected chi connectivity index (χ2v) is 3.86. The lowest BCUT2D eigenvalue weighted by Crippen LogP contribution is -2.39. The second-order valence-electron chi connectivity index (χ2n) is 3.86. The maximum atomic E-state index is 11.7. The molecule has 0 radical (unpaired) electrons. The van der Waals surface area contributed by atoms with Gasteiger partial charge in [-0.1, -0.05) is 6.07 Å². The molecule has 0 fully saturated rings. The Morgan fingerprint density at radius 2 is 2.00 bits per heavy atom. The molecule has 2 amide bonds. The smallest absolute Gasteiger partial charge is 0.260 e. The number of carbonyl (C=O) groups excluding carboxylic acids is 3. The Labute approximate surface area is 92.9 Å². The molecule has 1 aliphatic heterocycles. The normalized spacial score (nSPS) is 15.0. The van der Waals surface area contributed by atoms with E-state index in [4.69, 9.17) is 0 Å². The first kappa shape index (κ1) is 10.5. The molecule has 0 N–H and O–H groups in total. The Balaban J connectivity index is 2.53. The molecule has 0 atom stereocenters. The zero-order valence-corrected chi connectivity index (χ0v) is 9.11. The topological polar surface area (TPSA) is 54.5 Å². The number of amides is 2. The molecule has 0 unspecified atom stereocenters. The van der Waals surface area contributed by atoms with Crippen LogP contribution in [0.3, 0.4) is 0 Å². The third-order valence-corrected chi connectivity index (χ3v) is 2.76. The first-order chi connectivity index (χ1) is 7.50. The van der Waals surface area contributed by atoms with Crippen LogP contribution in [0.5, 0.6) is 0 Å². The molecule has 0 aliphatic carbocycles. The van der Waals surface area contributed by atoms with E-state index >= 15 is 0 Å². The molecule has 1 heterocycles. The van der Waals surface area contributed by atoms with Gasteiger partial charge in [0.25, 0.3) is 5.91 Å². The summed E-state index contributed by atoms with van der Waals surface area (Å²) in [5, 5.41) is 0. The van der Waals surface area contributed by atoms with Crippen LogP contribution in [0.2, 0.25) is 0 Å². The zero-order chi connectivity index (χ0) is 11.9. The molecule has 1 aliphatic rings. The number of carbonyl (C=O) groups is 3. The molecular formula is C12H11NO3. The van der Waals surface area contributed by atoms with E-state index in [2.05, 4.69) is 0 Å². The number of fused-ring (bicyclic) bond motifs is 1. The van der Waals surface area contributed by atoms with Crippen molar-refractivity contribution in [1.82, 2.24) is 4.90 Å². The van der Waals surface area contributed by atoms with Crippen molar-refractivity contribution < 1.29 is 14.4 Å². The summed E-state index contributed by atoms with van der Waals surface area (Å²) in [5.74, 6) is -0.610. The monoisotopic (exact) mass is 217 g/mol. The van der Waals surface area contributed by atoms with Crippen LogP contribution < -0.4 is 0 Å². The second kappa shape index (κ2) is 3.56. The van der Waals surface area contributed by atoms with Crippen LogP contribution in [0.1, 0.15) is 33.2 Å². The van der Waals surface area contributed by atoms with E-state index in [0.29, 0.717) is 16.7 Å². The van der Waals surface area contributed by atoms with Gasteiger partial charge in [0.2, 0.25) is 5.91 Å². The van der Waals surface area contributed by atoms with Gasteiger partial charge in [0, 0.05) is 18.2 Å². The molecule has 82 valence electrons. The number of ketones is 1. The standard InChI is InChI=1S/C12H11NO3/c1-7(14)8-3-4-10-9(5-8)6-11(15)13(2)12(10)16/h3-5H,6H2,1-2H3. The largest absolute Gasteiger partial charge is 0.295 e. The first-order valence-corrected chi connectivity index (χ1v) is 4.95. The van der Waals surface area contributed by atoms with Crippen molar-refractivity contribution in [2.45, 2.75) is 13.3 Å². The fourth-order valence-corrected chi connectivity index (χ4v) is 1.74. The van der Waals surface area contributed by atoms with Crippen molar-refractivity contribution in [3.63, 3.8) is 0 Å². The highest BCUT2D eigenvalue weighted by molar-refractivity contribution is 6.10. The zero-order valence-electron chi connectivity index (χ0n) is 9.11. The van der Waals surface area contributed by atoms with Crippen LogP contribution in [0.4, 0.5) is 0 Å². The van der Waals surface area contributed by atoms with Crippen LogP contribution >= 0.6 is 0 Å². The highest BCUT2D eigenvalue weighted by atomic mass is 16.2. The van der Waals surface area contributed by atoms with Crippen LogP contribution in [0.25, 0.3) is 0 Å². The van der Waals surface area contributed by atoms with Crippen LogP contribution in [0.15, 0.2) is 18.2 Å². The van der Waals surface area contributed by atoms with Crippen LogP contribution in [0, 0.1) is 0 Å². The van der Waals surface area contributed by atoms with Gasteiger partial charge in [0.1, 0.15) is 0 Å². The molecule has 0 spiro atoms. The predicted octanol–water partition coefficient (Wildman–Crippen LogP) is 1.04. The first-order valence-electron chi connectivity index (χ1n) is 4.95. The lowest BCUT2D eigenvalue weighted by atomic mass is 9.95. The average Bonchev–Trinajstić information content (AvgIpc) is 2.25. The third kappa shape index (κ3) is 1.52. The summed E-state index contributed by atoms with van der Waals surface area (Å²) >= 11 is 0. The number of rotatable bonds is 1. The molecule has 16 heavy (non-hydrogen) atoms. The fourth-order valence-electron chi connectivity index (χ4n) is 1.74. The molecule has 1 aromatic carbocycles.